The maximum Gasteiger partial charge on any atom is 0.0632 e. The van der Waals surface area contributed by atoms with E-state index in [-0.39, 0.29) is 6.04 Å². The summed E-state index contributed by atoms with van der Waals surface area (Å²) in [6.07, 6.45) is 0.835. The van der Waals surface area contributed by atoms with Gasteiger partial charge in [-0.05, 0) is 24.1 Å². The van der Waals surface area contributed by atoms with Crippen molar-refractivity contribution in [3.05, 3.63) is 34.9 Å². The van der Waals surface area contributed by atoms with Gasteiger partial charge in [0.25, 0.3) is 0 Å². The molecule has 0 aliphatic heterocycles. The maximum absolute atomic E-state index is 5.78. The number of hydrogen-bond acceptors (Lipinski definition) is 3. The molecule has 14 heavy (non-hydrogen) atoms. The van der Waals surface area contributed by atoms with Crippen LogP contribution in [0.1, 0.15) is 5.56 Å². The Morgan fingerprint density at radius 3 is 2.57 bits per heavy atom. The molecule has 3 nitrogen and oxygen atoms in total. The zero-order chi connectivity index (χ0) is 10.4. The van der Waals surface area contributed by atoms with E-state index >= 15 is 0 Å². The summed E-state index contributed by atoms with van der Waals surface area (Å²) in [6, 6.07) is 7.86. The van der Waals surface area contributed by atoms with Gasteiger partial charge >= 0.3 is 0 Å². The molecular weight excluding hydrogens is 200 g/mol. The lowest BCUT2D eigenvalue weighted by Crippen LogP contribution is -2.40. The Labute approximate surface area is 89.2 Å². The zero-order valence-corrected chi connectivity index (χ0v) is 8.92. The normalized spacial score (nSPS) is 12.8. The molecule has 1 aromatic rings. The molecule has 1 rings (SSSR count). The smallest absolute Gasteiger partial charge is 0.0632 e. The van der Waals surface area contributed by atoms with Crippen LogP contribution in [0.4, 0.5) is 0 Å². The molecule has 78 valence electrons. The van der Waals surface area contributed by atoms with Crippen molar-refractivity contribution >= 4 is 11.6 Å². The molecule has 1 atom stereocenters. The van der Waals surface area contributed by atoms with Crippen molar-refractivity contribution in [2.75, 3.05) is 13.7 Å². The molecule has 0 heterocycles. The van der Waals surface area contributed by atoms with Crippen LogP contribution in [-0.2, 0) is 11.2 Å². The topological polar surface area (TPSA) is 47.3 Å². The van der Waals surface area contributed by atoms with Gasteiger partial charge < -0.3 is 4.74 Å². The maximum atomic E-state index is 5.78. The van der Waals surface area contributed by atoms with Gasteiger partial charge in [-0.25, -0.2) is 0 Å². The fourth-order valence-electron chi connectivity index (χ4n) is 1.27. The molecule has 0 fully saturated rings. The first-order chi connectivity index (χ1) is 6.76. The fourth-order valence-corrected chi connectivity index (χ4v) is 1.40. The Balaban J connectivity index is 2.53. The molecule has 0 saturated carbocycles. The molecule has 0 amide bonds. The Morgan fingerprint density at radius 2 is 2.07 bits per heavy atom. The molecule has 0 aromatic heterocycles. The predicted molar refractivity (Wildman–Crippen MR) is 58.1 cm³/mol. The molecule has 3 N–H and O–H groups in total. The monoisotopic (exact) mass is 214 g/mol. The Kier molecular flexibility index (Phi) is 4.90. The Bertz CT molecular complexity index is 263. The minimum atomic E-state index is 0.140. The van der Waals surface area contributed by atoms with E-state index in [4.69, 9.17) is 22.2 Å². The molecule has 0 radical (unpaired) electrons. The van der Waals surface area contributed by atoms with Crippen molar-refractivity contribution in [1.29, 1.82) is 0 Å². The number of rotatable bonds is 5. The lowest BCUT2D eigenvalue weighted by atomic mass is 10.1. The summed E-state index contributed by atoms with van der Waals surface area (Å²) >= 11 is 5.78. The first-order valence-corrected chi connectivity index (χ1v) is 4.83. The van der Waals surface area contributed by atoms with E-state index in [1.54, 1.807) is 7.11 Å². The van der Waals surface area contributed by atoms with E-state index in [1.165, 1.54) is 5.56 Å². The van der Waals surface area contributed by atoms with E-state index < -0.39 is 0 Å². The van der Waals surface area contributed by atoms with Crippen molar-refractivity contribution in [3.63, 3.8) is 0 Å². The van der Waals surface area contributed by atoms with Crippen LogP contribution in [0.15, 0.2) is 24.3 Å². The van der Waals surface area contributed by atoms with E-state index in [1.807, 2.05) is 24.3 Å². The van der Waals surface area contributed by atoms with Gasteiger partial charge in [0.05, 0.1) is 6.61 Å². The highest BCUT2D eigenvalue weighted by molar-refractivity contribution is 6.30. The molecule has 4 heteroatoms. The van der Waals surface area contributed by atoms with Crippen molar-refractivity contribution in [1.82, 2.24) is 5.43 Å². The van der Waals surface area contributed by atoms with Crippen molar-refractivity contribution in [2.24, 2.45) is 5.84 Å². The first kappa shape index (κ1) is 11.5. The molecule has 0 aliphatic rings. The van der Waals surface area contributed by atoms with Crippen LogP contribution in [-0.4, -0.2) is 19.8 Å². The van der Waals surface area contributed by atoms with Crippen LogP contribution >= 0.6 is 11.6 Å². The summed E-state index contributed by atoms with van der Waals surface area (Å²) in [6.45, 7) is 0.596. The number of halogens is 1. The summed E-state index contributed by atoms with van der Waals surface area (Å²) in [5, 5.41) is 0.748. The number of nitrogens with one attached hydrogen (secondary N) is 1. The molecule has 0 saturated heterocycles. The molecule has 1 aromatic carbocycles. The zero-order valence-electron chi connectivity index (χ0n) is 8.16. The number of ether oxygens (including phenoxy) is 1. The molecule has 0 spiro atoms. The summed E-state index contributed by atoms with van der Waals surface area (Å²) in [7, 11) is 1.66. The van der Waals surface area contributed by atoms with Gasteiger partial charge in [-0.2, -0.15) is 0 Å². The van der Waals surface area contributed by atoms with Crippen LogP contribution in [0.3, 0.4) is 0 Å². The predicted octanol–water partition coefficient (Wildman–Crippen LogP) is 1.36. The number of hydrazine groups is 1. The number of methoxy groups -OCH3 is 1. The van der Waals surface area contributed by atoms with E-state index in [0.29, 0.717) is 6.61 Å². The average Bonchev–Trinajstić information content (AvgIpc) is 2.20. The third-order valence-electron chi connectivity index (χ3n) is 2.00. The lowest BCUT2D eigenvalue weighted by Gasteiger charge is -2.14. The van der Waals surface area contributed by atoms with Gasteiger partial charge in [-0.3, -0.25) is 11.3 Å². The summed E-state index contributed by atoms with van der Waals surface area (Å²) < 4.78 is 5.02. The molecule has 1 unspecified atom stereocenters. The van der Waals surface area contributed by atoms with E-state index in [2.05, 4.69) is 5.43 Å². The van der Waals surface area contributed by atoms with Gasteiger partial charge in [0.2, 0.25) is 0 Å². The third kappa shape index (κ3) is 3.64. The van der Waals surface area contributed by atoms with Gasteiger partial charge in [-0.15, -0.1) is 0 Å². The highest BCUT2D eigenvalue weighted by atomic mass is 35.5. The minimum Gasteiger partial charge on any atom is -0.383 e. The highest BCUT2D eigenvalue weighted by Gasteiger charge is 2.06. The van der Waals surface area contributed by atoms with Gasteiger partial charge in [0.1, 0.15) is 0 Å². The first-order valence-electron chi connectivity index (χ1n) is 4.45. The van der Waals surface area contributed by atoms with Crippen LogP contribution in [0.2, 0.25) is 5.02 Å². The fraction of sp³-hybridized carbons (Fsp3) is 0.400. The Hall–Kier alpha value is -0.610. The summed E-state index contributed by atoms with van der Waals surface area (Å²) in [4.78, 5) is 0. The second-order valence-electron chi connectivity index (χ2n) is 3.15. The number of hydrogen-bond donors (Lipinski definition) is 2. The Morgan fingerprint density at radius 1 is 1.43 bits per heavy atom. The van der Waals surface area contributed by atoms with Crippen molar-refractivity contribution in [2.45, 2.75) is 12.5 Å². The number of benzene rings is 1. The van der Waals surface area contributed by atoms with E-state index in [9.17, 15) is 0 Å². The van der Waals surface area contributed by atoms with Crippen molar-refractivity contribution < 1.29 is 4.74 Å². The van der Waals surface area contributed by atoms with Gasteiger partial charge in [-0.1, -0.05) is 23.7 Å². The van der Waals surface area contributed by atoms with Gasteiger partial charge in [0, 0.05) is 18.2 Å². The average molecular weight is 215 g/mol. The highest BCUT2D eigenvalue weighted by Crippen LogP contribution is 2.10. The summed E-state index contributed by atoms with van der Waals surface area (Å²) in [5.74, 6) is 5.38. The van der Waals surface area contributed by atoms with Crippen LogP contribution in [0.25, 0.3) is 0 Å². The number of nitrogens with two attached hydrogens (primary N) is 1. The standard InChI is InChI=1S/C10H15ClN2O/c1-14-7-10(13-12)6-8-2-4-9(11)5-3-8/h2-5,10,13H,6-7,12H2,1H3. The van der Waals surface area contributed by atoms with Gasteiger partial charge in [0.15, 0.2) is 0 Å². The van der Waals surface area contributed by atoms with Crippen LogP contribution < -0.4 is 11.3 Å². The van der Waals surface area contributed by atoms with Crippen molar-refractivity contribution in [3.8, 4) is 0 Å². The quantitative estimate of drug-likeness (QED) is 0.575. The van der Waals surface area contributed by atoms with E-state index in [0.717, 1.165) is 11.4 Å². The third-order valence-corrected chi connectivity index (χ3v) is 2.25. The minimum absolute atomic E-state index is 0.140. The van der Waals surface area contributed by atoms with Crippen LogP contribution in [0.5, 0.6) is 0 Å². The lowest BCUT2D eigenvalue weighted by molar-refractivity contribution is 0.166. The second kappa shape index (κ2) is 5.98. The second-order valence-corrected chi connectivity index (χ2v) is 3.59. The molecular formula is C10H15ClN2O. The van der Waals surface area contributed by atoms with Crippen LogP contribution in [0, 0.1) is 0 Å². The molecule has 0 bridgehead atoms. The summed E-state index contributed by atoms with van der Waals surface area (Å²) in [5.41, 5.74) is 3.90. The molecule has 0 aliphatic carbocycles. The SMILES string of the molecule is COCC(Cc1ccc(Cl)cc1)NN. The largest absolute Gasteiger partial charge is 0.383 e.